The summed E-state index contributed by atoms with van der Waals surface area (Å²) in [7, 11) is 2.29. The van der Waals surface area contributed by atoms with Gasteiger partial charge in [-0.1, -0.05) is 26.2 Å². The van der Waals surface area contributed by atoms with E-state index < -0.39 is 0 Å². The van der Waals surface area contributed by atoms with Crippen LogP contribution in [0.5, 0.6) is 0 Å². The Balaban J connectivity index is 1.61. The first-order valence-electron chi connectivity index (χ1n) is 7.66. The van der Waals surface area contributed by atoms with Crippen LogP contribution in [0.4, 0.5) is 0 Å². The fraction of sp³-hybridized carbons (Fsp3) is 1.00. The molecule has 3 atom stereocenters. The van der Waals surface area contributed by atoms with E-state index in [9.17, 15) is 0 Å². The predicted molar refractivity (Wildman–Crippen MR) is 74.3 cm³/mol. The first kappa shape index (κ1) is 13.4. The molecule has 17 heavy (non-hydrogen) atoms. The van der Waals surface area contributed by atoms with E-state index in [1.54, 1.807) is 0 Å². The van der Waals surface area contributed by atoms with E-state index in [1.807, 2.05) is 0 Å². The van der Waals surface area contributed by atoms with Gasteiger partial charge in [0.2, 0.25) is 0 Å². The van der Waals surface area contributed by atoms with E-state index in [2.05, 4.69) is 24.2 Å². The first-order valence-corrected chi connectivity index (χ1v) is 7.66. The topological polar surface area (TPSA) is 15.3 Å². The molecule has 0 amide bonds. The third-order valence-corrected chi connectivity index (χ3v) is 4.78. The van der Waals surface area contributed by atoms with E-state index in [0.29, 0.717) is 0 Å². The van der Waals surface area contributed by atoms with Crippen LogP contribution in [0.1, 0.15) is 51.9 Å². The van der Waals surface area contributed by atoms with Crippen molar-refractivity contribution in [3.63, 3.8) is 0 Å². The Hall–Kier alpha value is -0.0800. The van der Waals surface area contributed by atoms with E-state index >= 15 is 0 Å². The minimum absolute atomic E-state index is 0.796. The zero-order chi connectivity index (χ0) is 12.1. The Labute approximate surface area is 107 Å². The molecule has 2 nitrogen and oxygen atoms in total. The van der Waals surface area contributed by atoms with Crippen molar-refractivity contribution in [3.05, 3.63) is 0 Å². The van der Waals surface area contributed by atoms with Crippen LogP contribution in [0, 0.1) is 11.8 Å². The Morgan fingerprint density at radius 2 is 1.94 bits per heavy atom. The van der Waals surface area contributed by atoms with Crippen LogP contribution in [0.25, 0.3) is 0 Å². The van der Waals surface area contributed by atoms with Crippen molar-refractivity contribution in [2.24, 2.45) is 11.8 Å². The molecule has 2 heteroatoms. The normalized spacial score (nSPS) is 36.0. The zero-order valence-electron chi connectivity index (χ0n) is 11.8. The maximum Gasteiger partial charge on any atom is 0.0217 e. The van der Waals surface area contributed by atoms with Crippen LogP contribution in [0.2, 0.25) is 0 Å². The van der Waals surface area contributed by atoms with Gasteiger partial charge in [0.25, 0.3) is 0 Å². The van der Waals surface area contributed by atoms with Crippen LogP contribution in [0.3, 0.4) is 0 Å². The number of likely N-dealkylation sites (tertiary alicyclic amines) is 1. The molecule has 1 aliphatic heterocycles. The van der Waals surface area contributed by atoms with Crippen molar-refractivity contribution in [1.82, 2.24) is 10.2 Å². The molecular weight excluding hydrogens is 208 g/mol. The van der Waals surface area contributed by atoms with E-state index in [0.717, 1.165) is 17.9 Å². The zero-order valence-corrected chi connectivity index (χ0v) is 11.8. The number of hydrogen-bond acceptors (Lipinski definition) is 2. The highest BCUT2D eigenvalue weighted by atomic mass is 15.2. The molecule has 2 rings (SSSR count). The van der Waals surface area contributed by atoms with Gasteiger partial charge in [0, 0.05) is 12.6 Å². The largest absolute Gasteiger partial charge is 0.315 e. The Morgan fingerprint density at radius 1 is 1.06 bits per heavy atom. The lowest BCUT2D eigenvalue weighted by molar-refractivity contribution is 0.176. The second-order valence-electron chi connectivity index (χ2n) is 6.43. The second-order valence-corrected chi connectivity index (χ2v) is 6.43. The van der Waals surface area contributed by atoms with Gasteiger partial charge in [-0.3, -0.25) is 0 Å². The fourth-order valence-corrected chi connectivity index (χ4v) is 3.60. The smallest absolute Gasteiger partial charge is 0.0217 e. The summed E-state index contributed by atoms with van der Waals surface area (Å²) in [5.41, 5.74) is 0. The molecule has 1 saturated heterocycles. The van der Waals surface area contributed by atoms with Crippen molar-refractivity contribution < 1.29 is 0 Å². The summed E-state index contributed by atoms with van der Waals surface area (Å²) in [4.78, 5) is 2.54. The maximum absolute atomic E-state index is 3.73. The van der Waals surface area contributed by atoms with Gasteiger partial charge < -0.3 is 10.2 Å². The Kier molecular flexibility index (Phi) is 5.30. The molecular formula is C15H30N2. The Morgan fingerprint density at radius 3 is 2.71 bits per heavy atom. The lowest BCUT2D eigenvalue weighted by atomic mass is 9.82. The number of piperidine rings is 1. The minimum atomic E-state index is 0.796. The molecule has 0 aromatic rings. The Bertz CT molecular complexity index is 217. The van der Waals surface area contributed by atoms with Gasteiger partial charge in [-0.15, -0.1) is 0 Å². The monoisotopic (exact) mass is 238 g/mol. The van der Waals surface area contributed by atoms with Crippen LogP contribution in [0.15, 0.2) is 0 Å². The molecule has 3 unspecified atom stereocenters. The fourth-order valence-electron chi connectivity index (χ4n) is 3.60. The number of nitrogens with zero attached hydrogens (tertiary/aromatic N) is 1. The maximum atomic E-state index is 3.73. The SMILES string of the molecule is CC1CCCC(CNCC2CCCCN2C)C1. The average molecular weight is 238 g/mol. The van der Waals surface area contributed by atoms with Crippen LogP contribution >= 0.6 is 0 Å². The van der Waals surface area contributed by atoms with Gasteiger partial charge in [0.05, 0.1) is 0 Å². The van der Waals surface area contributed by atoms with E-state index in [4.69, 9.17) is 0 Å². The minimum Gasteiger partial charge on any atom is -0.315 e. The van der Waals surface area contributed by atoms with Crippen molar-refractivity contribution in [2.75, 3.05) is 26.7 Å². The number of nitrogens with one attached hydrogen (secondary N) is 1. The van der Waals surface area contributed by atoms with Gasteiger partial charge in [0.15, 0.2) is 0 Å². The van der Waals surface area contributed by atoms with Crippen molar-refractivity contribution >= 4 is 0 Å². The quantitative estimate of drug-likeness (QED) is 0.810. The van der Waals surface area contributed by atoms with E-state index in [-0.39, 0.29) is 0 Å². The molecule has 2 fully saturated rings. The van der Waals surface area contributed by atoms with Gasteiger partial charge in [0.1, 0.15) is 0 Å². The molecule has 0 bridgehead atoms. The third-order valence-electron chi connectivity index (χ3n) is 4.78. The average Bonchev–Trinajstić information content (AvgIpc) is 2.32. The van der Waals surface area contributed by atoms with Crippen LogP contribution in [-0.4, -0.2) is 37.6 Å². The standard InChI is InChI=1S/C15H30N2/c1-13-6-5-7-14(10-13)11-16-12-15-8-3-4-9-17(15)2/h13-16H,3-12H2,1-2H3. The van der Waals surface area contributed by atoms with E-state index in [1.165, 1.54) is 64.6 Å². The summed E-state index contributed by atoms with van der Waals surface area (Å²) in [5.74, 6) is 1.92. The predicted octanol–water partition coefficient (Wildman–Crippen LogP) is 2.89. The molecule has 0 radical (unpaired) electrons. The molecule has 1 aliphatic carbocycles. The highest BCUT2D eigenvalue weighted by Crippen LogP contribution is 2.27. The summed E-state index contributed by atoms with van der Waals surface area (Å²) < 4.78 is 0. The number of rotatable bonds is 4. The van der Waals surface area contributed by atoms with Crippen molar-refractivity contribution in [2.45, 2.75) is 57.9 Å². The van der Waals surface area contributed by atoms with Crippen molar-refractivity contribution in [3.8, 4) is 0 Å². The van der Waals surface area contributed by atoms with Crippen LogP contribution < -0.4 is 5.32 Å². The van der Waals surface area contributed by atoms with Gasteiger partial charge in [-0.2, -0.15) is 0 Å². The lowest BCUT2D eigenvalue weighted by Gasteiger charge is -2.33. The molecule has 1 heterocycles. The molecule has 0 aromatic carbocycles. The van der Waals surface area contributed by atoms with Gasteiger partial charge in [-0.25, -0.2) is 0 Å². The van der Waals surface area contributed by atoms with Gasteiger partial charge in [-0.05, 0) is 57.7 Å². The van der Waals surface area contributed by atoms with Gasteiger partial charge >= 0.3 is 0 Å². The highest BCUT2D eigenvalue weighted by molar-refractivity contribution is 4.78. The number of hydrogen-bond donors (Lipinski definition) is 1. The summed E-state index contributed by atoms with van der Waals surface area (Å²) in [6.45, 7) is 6.18. The summed E-state index contributed by atoms with van der Waals surface area (Å²) >= 11 is 0. The molecule has 100 valence electrons. The summed E-state index contributed by atoms with van der Waals surface area (Å²) in [5, 5.41) is 3.73. The molecule has 1 N–H and O–H groups in total. The third kappa shape index (κ3) is 4.26. The summed E-state index contributed by atoms with van der Waals surface area (Å²) in [6, 6.07) is 0.796. The second kappa shape index (κ2) is 6.75. The first-order chi connectivity index (χ1) is 8.25. The van der Waals surface area contributed by atoms with Crippen LogP contribution in [-0.2, 0) is 0 Å². The number of likely N-dealkylation sites (N-methyl/N-ethyl adjacent to an activating group) is 1. The lowest BCUT2D eigenvalue weighted by Crippen LogP contribution is -2.44. The molecule has 1 saturated carbocycles. The molecule has 0 aromatic heterocycles. The highest BCUT2D eigenvalue weighted by Gasteiger charge is 2.21. The molecule has 2 aliphatic rings. The van der Waals surface area contributed by atoms with Crippen molar-refractivity contribution in [1.29, 1.82) is 0 Å². The molecule has 0 spiro atoms. The summed E-state index contributed by atoms with van der Waals surface area (Å²) in [6.07, 6.45) is 10.0.